The van der Waals surface area contributed by atoms with Crippen molar-refractivity contribution in [2.24, 2.45) is 5.41 Å². The van der Waals surface area contributed by atoms with Crippen LogP contribution in [0.3, 0.4) is 0 Å². The third-order valence-corrected chi connectivity index (χ3v) is 4.82. The molecule has 1 aliphatic carbocycles. The average Bonchev–Trinajstić information content (AvgIpc) is 2.97. The number of ether oxygens (including phenoxy) is 1. The van der Waals surface area contributed by atoms with E-state index in [4.69, 9.17) is 9.84 Å². The van der Waals surface area contributed by atoms with Crippen LogP contribution in [-0.2, 0) is 11.2 Å². The molecule has 20 heavy (non-hydrogen) atoms. The van der Waals surface area contributed by atoms with Crippen LogP contribution in [0.2, 0.25) is 0 Å². The van der Waals surface area contributed by atoms with Gasteiger partial charge in [0.15, 0.2) is 0 Å². The summed E-state index contributed by atoms with van der Waals surface area (Å²) < 4.78 is 7.53. The zero-order valence-corrected chi connectivity index (χ0v) is 12.1. The summed E-state index contributed by atoms with van der Waals surface area (Å²) in [4.78, 5) is 0. The van der Waals surface area contributed by atoms with Crippen molar-refractivity contribution in [2.45, 2.75) is 57.4 Å². The second kappa shape index (κ2) is 5.97. The second-order valence-electron chi connectivity index (χ2n) is 6.26. The number of nitriles is 1. The summed E-state index contributed by atoms with van der Waals surface area (Å²) in [7, 11) is 0. The summed E-state index contributed by atoms with van der Waals surface area (Å²) in [6.07, 6.45) is 11.0. The maximum Gasteiger partial charge on any atom is 0.0695 e. The van der Waals surface area contributed by atoms with Crippen molar-refractivity contribution in [3.05, 3.63) is 18.0 Å². The Balaban J connectivity index is 1.68. The summed E-state index contributed by atoms with van der Waals surface area (Å²) >= 11 is 0. The molecule has 2 fully saturated rings. The van der Waals surface area contributed by atoms with Crippen LogP contribution in [0.4, 0.5) is 0 Å². The Morgan fingerprint density at radius 3 is 2.75 bits per heavy atom. The Hall–Kier alpha value is -1.34. The molecule has 3 rings (SSSR count). The minimum absolute atomic E-state index is 0.260. The Bertz CT molecular complexity index is 476. The fourth-order valence-electron chi connectivity index (χ4n) is 3.46. The maximum absolute atomic E-state index is 9.52. The molecule has 0 amide bonds. The molecule has 2 heterocycles. The molecule has 1 aliphatic heterocycles. The van der Waals surface area contributed by atoms with Crippen molar-refractivity contribution in [1.82, 2.24) is 9.78 Å². The van der Waals surface area contributed by atoms with Crippen LogP contribution in [0.1, 0.15) is 56.7 Å². The molecule has 0 bridgehead atoms. The topological polar surface area (TPSA) is 50.8 Å². The van der Waals surface area contributed by atoms with Gasteiger partial charge in [0.25, 0.3) is 0 Å². The highest BCUT2D eigenvalue weighted by Gasteiger charge is 2.33. The number of nitrogens with zero attached hydrogens (tertiary/aromatic N) is 3. The van der Waals surface area contributed by atoms with Gasteiger partial charge in [0, 0.05) is 25.8 Å². The Labute approximate surface area is 120 Å². The maximum atomic E-state index is 9.52. The summed E-state index contributed by atoms with van der Waals surface area (Å²) in [6.45, 7) is 1.41. The minimum Gasteiger partial charge on any atom is -0.381 e. The smallest absolute Gasteiger partial charge is 0.0695 e. The molecule has 4 heteroatoms. The van der Waals surface area contributed by atoms with Gasteiger partial charge in [-0.25, -0.2) is 0 Å². The van der Waals surface area contributed by atoms with Gasteiger partial charge in [-0.2, -0.15) is 10.4 Å². The van der Waals surface area contributed by atoms with Crippen LogP contribution in [0.15, 0.2) is 12.3 Å². The van der Waals surface area contributed by atoms with Crippen molar-refractivity contribution in [1.29, 1.82) is 5.26 Å². The minimum atomic E-state index is -0.260. The molecule has 1 saturated heterocycles. The van der Waals surface area contributed by atoms with E-state index in [2.05, 4.69) is 23.0 Å². The lowest BCUT2D eigenvalue weighted by molar-refractivity contribution is 0.0402. The second-order valence-corrected chi connectivity index (χ2v) is 6.26. The van der Waals surface area contributed by atoms with Crippen molar-refractivity contribution < 1.29 is 4.74 Å². The van der Waals surface area contributed by atoms with Crippen LogP contribution in [0.25, 0.3) is 0 Å². The largest absolute Gasteiger partial charge is 0.381 e. The quantitative estimate of drug-likeness (QED) is 0.849. The molecule has 0 atom stereocenters. The van der Waals surface area contributed by atoms with Crippen molar-refractivity contribution in [3.8, 4) is 6.07 Å². The van der Waals surface area contributed by atoms with Gasteiger partial charge in [-0.1, -0.05) is 19.3 Å². The monoisotopic (exact) mass is 273 g/mol. The molecular weight excluding hydrogens is 250 g/mol. The number of hydrogen-bond acceptors (Lipinski definition) is 3. The van der Waals surface area contributed by atoms with Gasteiger partial charge < -0.3 is 4.74 Å². The molecule has 1 aromatic rings. The van der Waals surface area contributed by atoms with Gasteiger partial charge in [0.1, 0.15) is 0 Å². The number of hydrogen-bond donors (Lipinski definition) is 0. The zero-order valence-electron chi connectivity index (χ0n) is 12.1. The first-order valence-electron chi connectivity index (χ1n) is 7.84. The van der Waals surface area contributed by atoms with E-state index in [1.165, 1.54) is 32.1 Å². The standard InChI is InChI=1S/C16H23N3O/c17-13-16(7-10-20-11-8-16)12-14-6-9-19(18-14)15-4-2-1-3-5-15/h6,9,15H,1-5,7-8,10-12H2. The average molecular weight is 273 g/mol. The Morgan fingerprint density at radius 2 is 2.05 bits per heavy atom. The molecule has 108 valence electrons. The highest BCUT2D eigenvalue weighted by Crippen LogP contribution is 2.34. The highest BCUT2D eigenvalue weighted by atomic mass is 16.5. The molecule has 0 radical (unpaired) electrons. The van der Waals surface area contributed by atoms with Gasteiger partial charge >= 0.3 is 0 Å². The first-order chi connectivity index (χ1) is 9.81. The van der Waals surface area contributed by atoms with Gasteiger partial charge in [-0.15, -0.1) is 0 Å². The van der Waals surface area contributed by atoms with E-state index in [1.54, 1.807) is 0 Å². The van der Waals surface area contributed by atoms with Crippen LogP contribution in [-0.4, -0.2) is 23.0 Å². The van der Waals surface area contributed by atoms with Gasteiger partial charge in [-0.3, -0.25) is 4.68 Å². The summed E-state index contributed by atoms with van der Waals surface area (Å²) in [6, 6.07) is 5.20. The van der Waals surface area contributed by atoms with Gasteiger partial charge in [0.2, 0.25) is 0 Å². The predicted molar refractivity (Wildman–Crippen MR) is 76.2 cm³/mol. The molecule has 0 aromatic carbocycles. The number of aromatic nitrogens is 2. The van der Waals surface area contributed by atoms with E-state index >= 15 is 0 Å². The van der Waals surface area contributed by atoms with Crippen molar-refractivity contribution in [3.63, 3.8) is 0 Å². The molecule has 0 spiro atoms. The van der Waals surface area contributed by atoms with E-state index in [9.17, 15) is 5.26 Å². The van der Waals surface area contributed by atoms with E-state index in [0.717, 1.165) is 25.0 Å². The third-order valence-electron chi connectivity index (χ3n) is 4.82. The Morgan fingerprint density at radius 1 is 1.30 bits per heavy atom. The fourth-order valence-corrected chi connectivity index (χ4v) is 3.46. The summed E-state index contributed by atoms with van der Waals surface area (Å²) in [5, 5.41) is 14.3. The van der Waals surface area contributed by atoms with Crippen LogP contribution >= 0.6 is 0 Å². The predicted octanol–water partition coefficient (Wildman–Crippen LogP) is 3.25. The van der Waals surface area contributed by atoms with Gasteiger partial charge in [-0.05, 0) is 31.7 Å². The lowest BCUT2D eigenvalue weighted by Crippen LogP contribution is -2.30. The summed E-state index contributed by atoms with van der Waals surface area (Å²) in [5.74, 6) is 0. The number of rotatable bonds is 3. The first kappa shape index (κ1) is 13.6. The van der Waals surface area contributed by atoms with E-state index in [1.807, 2.05) is 0 Å². The van der Waals surface area contributed by atoms with Crippen LogP contribution < -0.4 is 0 Å². The molecule has 4 nitrogen and oxygen atoms in total. The van der Waals surface area contributed by atoms with E-state index in [-0.39, 0.29) is 5.41 Å². The lowest BCUT2D eigenvalue weighted by Gasteiger charge is -2.29. The molecule has 2 aliphatic rings. The Kier molecular flexibility index (Phi) is 4.07. The molecule has 1 aromatic heterocycles. The third kappa shape index (κ3) is 2.88. The highest BCUT2D eigenvalue weighted by molar-refractivity contribution is 5.11. The lowest BCUT2D eigenvalue weighted by atomic mass is 9.78. The molecule has 0 N–H and O–H groups in total. The van der Waals surface area contributed by atoms with E-state index in [0.29, 0.717) is 19.3 Å². The zero-order chi connectivity index (χ0) is 13.8. The van der Waals surface area contributed by atoms with Crippen LogP contribution in [0.5, 0.6) is 0 Å². The molecule has 0 unspecified atom stereocenters. The van der Waals surface area contributed by atoms with E-state index < -0.39 is 0 Å². The fraction of sp³-hybridized carbons (Fsp3) is 0.750. The normalized spacial score (nSPS) is 23.4. The first-order valence-corrected chi connectivity index (χ1v) is 7.84. The molecule has 1 saturated carbocycles. The SMILES string of the molecule is N#CC1(Cc2ccn(C3CCCCC3)n2)CCOCC1. The molecular formula is C16H23N3O. The van der Waals surface area contributed by atoms with Gasteiger partial charge in [0.05, 0.1) is 23.2 Å². The van der Waals surface area contributed by atoms with Crippen LogP contribution in [0, 0.1) is 16.7 Å². The van der Waals surface area contributed by atoms with Crippen molar-refractivity contribution in [2.75, 3.05) is 13.2 Å². The summed E-state index contributed by atoms with van der Waals surface area (Å²) in [5.41, 5.74) is 0.809. The van der Waals surface area contributed by atoms with Crippen molar-refractivity contribution >= 4 is 0 Å².